The third-order valence-corrected chi connectivity index (χ3v) is 1.25. The van der Waals surface area contributed by atoms with Crippen molar-refractivity contribution in [3.05, 3.63) is 31.9 Å². The fourth-order valence-corrected chi connectivity index (χ4v) is 0.696. The lowest BCUT2D eigenvalue weighted by Crippen LogP contribution is -2.37. The summed E-state index contributed by atoms with van der Waals surface area (Å²) in [6, 6.07) is 0. The Kier molecular flexibility index (Phi) is 2.46. The van der Waals surface area contributed by atoms with Gasteiger partial charge in [0.15, 0.2) is 0 Å². The first-order chi connectivity index (χ1) is 5.75. The second kappa shape index (κ2) is 3.56. The molecule has 0 spiro atoms. The van der Waals surface area contributed by atoms with Crippen molar-refractivity contribution in [2.75, 3.05) is 6.54 Å². The van der Waals surface area contributed by atoms with Crippen LogP contribution in [-0.4, -0.2) is 21.3 Å². The number of hydrogen-bond acceptors (Lipinski definition) is 5. The molecular weight excluding hydrogens is 164 g/mol. The molecule has 7 heteroatoms. The van der Waals surface area contributed by atoms with E-state index in [-0.39, 0.29) is 13.1 Å². The second-order valence-electron chi connectivity index (χ2n) is 2.04. The molecule has 0 fully saturated rings. The van der Waals surface area contributed by atoms with Crippen LogP contribution in [0.5, 0.6) is 0 Å². The first-order valence-electron chi connectivity index (χ1n) is 3.19. The molecule has 7 nitrogen and oxygen atoms in total. The number of rotatable bonds is 3. The summed E-state index contributed by atoms with van der Waals surface area (Å²) >= 11 is 0. The molecule has 0 unspecified atom stereocenters. The van der Waals surface area contributed by atoms with Crippen LogP contribution in [0.1, 0.15) is 0 Å². The van der Waals surface area contributed by atoms with Crippen LogP contribution in [0.15, 0.2) is 21.1 Å². The molecule has 0 bridgehead atoms. The van der Waals surface area contributed by atoms with Crippen molar-refractivity contribution in [3.63, 3.8) is 0 Å². The fraction of sp³-hybridized carbons (Fsp3) is 0.400. The van der Waals surface area contributed by atoms with Gasteiger partial charge in [0.25, 0.3) is 0 Å². The lowest BCUT2D eigenvalue weighted by atomic mass is 10.6. The lowest BCUT2D eigenvalue weighted by Gasteiger charge is -1.97. The first kappa shape index (κ1) is 8.31. The molecular formula is C5H6N4O3. The van der Waals surface area contributed by atoms with Crippen molar-refractivity contribution in [1.82, 2.24) is 14.8 Å². The van der Waals surface area contributed by atoms with E-state index in [9.17, 15) is 14.5 Å². The Hall–Kier alpha value is -1.79. The van der Waals surface area contributed by atoms with Crippen LogP contribution in [0.3, 0.4) is 0 Å². The molecule has 1 aromatic rings. The quantitative estimate of drug-likeness (QED) is 0.450. The topological polar surface area (TPSA) is 97.2 Å². The smallest absolute Gasteiger partial charge is 0.291 e. The SMILES string of the molecule is O=NCCn1cn[nH]c(=O)c1=O. The Balaban J connectivity index is 3.00. The molecule has 1 rings (SSSR count). The molecule has 0 radical (unpaired) electrons. The average molecular weight is 170 g/mol. The number of aromatic amines is 1. The maximum atomic E-state index is 10.9. The van der Waals surface area contributed by atoms with Crippen molar-refractivity contribution >= 4 is 0 Å². The predicted molar refractivity (Wildman–Crippen MR) is 39.8 cm³/mol. The summed E-state index contributed by atoms with van der Waals surface area (Å²) in [6.45, 7) is 0.0320. The predicted octanol–water partition coefficient (Wildman–Crippen LogP) is -1.30. The van der Waals surface area contributed by atoms with E-state index in [0.29, 0.717) is 0 Å². The highest BCUT2D eigenvalue weighted by atomic mass is 16.3. The van der Waals surface area contributed by atoms with Gasteiger partial charge in [-0.1, -0.05) is 5.18 Å². The van der Waals surface area contributed by atoms with Gasteiger partial charge in [0.05, 0.1) is 13.1 Å². The van der Waals surface area contributed by atoms with E-state index >= 15 is 0 Å². The van der Waals surface area contributed by atoms with Gasteiger partial charge in [-0.25, -0.2) is 5.10 Å². The number of aromatic nitrogens is 3. The molecule has 0 atom stereocenters. The molecule has 0 aliphatic heterocycles. The van der Waals surface area contributed by atoms with Gasteiger partial charge >= 0.3 is 11.1 Å². The molecule has 0 saturated carbocycles. The van der Waals surface area contributed by atoms with Gasteiger partial charge in [-0.3, -0.25) is 14.2 Å². The molecule has 0 aromatic carbocycles. The van der Waals surface area contributed by atoms with Crippen molar-refractivity contribution in [2.24, 2.45) is 5.18 Å². The Labute approximate surface area is 66.0 Å². The van der Waals surface area contributed by atoms with Crippen LogP contribution in [0, 0.1) is 4.91 Å². The largest absolute Gasteiger partial charge is 0.330 e. The standard InChI is InChI=1S/C5H6N4O3/c10-4-5(11)9(2-1-7-12)3-6-8-4/h3H,1-2H2,(H,8,10). The van der Waals surface area contributed by atoms with E-state index in [0.717, 1.165) is 10.9 Å². The molecule has 1 N–H and O–H groups in total. The zero-order chi connectivity index (χ0) is 8.97. The monoisotopic (exact) mass is 170 g/mol. The minimum atomic E-state index is -0.802. The number of H-pyrrole nitrogens is 1. The van der Waals surface area contributed by atoms with E-state index in [4.69, 9.17) is 0 Å². The molecule has 0 aliphatic rings. The third kappa shape index (κ3) is 1.62. The van der Waals surface area contributed by atoms with E-state index < -0.39 is 11.1 Å². The first-order valence-corrected chi connectivity index (χ1v) is 3.19. The zero-order valence-electron chi connectivity index (χ0n) is 6.06. The highest BCUT2D eigenvalue weighted by Gasteiger charge is 1.98. The number of nitroso groups, excluding NO2 is 1. The Morgan fingerprint density at radius 1 is 1.58 bits per heavy atom. The summed E-state index contributed by atoms with van der Waals surface area (Å²) in [4.78, 5) is 31.3. The molecule has 0 amide bonds. The number of nitrogens with one attached hydrogen (secondary N) is 1. The normalized spacial score (nSPS) is 9.67. The summed E-state index contributed by atoms with van der Waals surface area (Å²) in [5, 5.41) is 7.90. The summed E-state index contributed by atoms with van der Waals surface area (Å²) in [7, 11) is 0. The second-order valence-corrected chi connectivity index (χ2v) is 2.04. The van der Waals surface area contributed by atoms with Gasteiger partial charge in [-0.15, -0.1) is 0 Å². The van der Waals surface area contributed by atoms with Crippen molar-refractivity contribution in [1.29, 1.82) is 0 Å². The molecule has 0 saturated heterocycles. The van der Waals surface area contributed by atoms with Crippen molar-refractivity contribution in [3.8, 4) is 0 Å². The van der Waals surface area contributed by atoms with Crippen molar-refractivity contribution in [2.45, 2.75) is 6.54 Å². The van der Waals surface area contributed by atoms with Gasteiger partial charge in [-0.05, 0) is 0 Å². The number of nitrogens with zero attached hydrogens (tertiary/aromatic N) is 3. The van der Waals surface area contributed by atoms with Crippen LogP contribution in [0.4, 0.5) is 0 Å². The van der Waals surface area contributed by atoms with Gasteiger partial charge in [-0.2, -0.15) is 10.0 Å². The van der Waals surface area contributed by atoms with E-state index in [2.05, 4.69) is 10.3 Å². The highest BCUT2D eigenvalue weighted by Crippen LogP contribution is 1.74. The maximum Gasteiger partial charge on any atom is 0.330 e. The summed E-state index contributed by atoms with van der Waals surface area (Å²) in [5.74, 6) is 0. The van der Waals surface area contributed by atoms with E-state index in [1.165, 1.54) is 0 Å². The van der Waals surface area contributed by atoms with Gasteiger partial charge in [0, 0.05) is 0 Å². The van der Waals surface area contributed by atoms with E-state index in [1.807, 2.05) is 5.10 Å². The Morgan fingerprint density at radius 3 is 3.00 bits per heavy atom. The minimum absolute atomic E-state index is 0.0506. The summed E-state index contributed by atoms with van der Waals surface area (Å²) < 4.78 is 1.03. The van der Waals surface area contributed by atoms with Gasteiger partial charge < -0.3 is 0 Å². The minimum Gasteiger partial charge on any atom is -0.291 e. The molecule has 12 heavy (non-hydrogen) atoms. The van der Waals surface area contributed by atoms with Crippen LogP contribution in [-0.2, 0) is 6.54 Å². The highest BCUT2D eigenvalue weighted by molar-refractivity contribution is 4.74. The van der Waals surface area contributed by atoms with Crippen LogP contribution in [0.25, 0.3) is 0 Å². The fourth-order valence-electron chi connectivity index (χ4n) is 0.696. The molecule has 1 aromatic heterocycles. The van der Waals surface area contributed by atoms with E-state index in [1.54, 1.807) is 0 Å². The average Bonchev–Trinajstić information content (AvgIpc) is 2.08. The summed E-state index contributed by atoms with van der Waals surface area (Å²) in [6.07, 6.45) is 1.15. The Bertz CT molecular complexity index is 379. The molecule has 0 aliphatic carbocycles. The maximum absolute atomic E-state index is 10.9. The lowest BCUT2D eigenvalue weighted by molar-refractivity contribution is 0.636. The van der Waals surface area contributed by atoms with Crippen LogP contribution < -0.4 is 11.1 Å². The molecule has 1 heterocycles. The van der Waals surface area contributed by atoms with Gasteiger partial charge in [0.2, 0.25) is 0 Å². The van der Waals surface area contributed by atoms with Crippen LogP contribution in [0.2, 0.25) is 0 Å². The van der Waals surface area contributed by atoms with Gasteiger partial charge in [0.1, 0.15) is 6.33 Å². The van der Waals surface area contributed by atoms with Crippen LogP contribution >= 0.6 is 0 Å². The van der Waals surface area contributed by atoms with Crippen molar-refractivity contribution < 1.29 is 0 Å². The Morgan fingerprint density at radius 2 is 2.33 bits per heavy atom. The third-order valence-electron chi connectivity index (χ3n) is 1.25. The summed E-state index contributed by atoms with van der Waals surface area (Å²) in [5.41, 5.74) is -1.53. The molecule has 64 valence electrons. The zero-order valence-corrected chi connectivity index (χ0v) is 6.06. The number of hydrogen-bond donors (Lipinski definition) is 1.